The number of benzene rings is 1. The Kier molecular flexibility index (Phi) is 2.49. The lowest BCUT2D eigenvalue weighted by Crippen LogP contribution is -1.91. The van der Waals surface area contributed by atoms with Gasteiger partial charge >= 0.3 is 0 Å². The molecule has 3 rings (SSSR count). The molecule has 0 aliphatic heterocycles. The normalized spacial score (nSPS) is 11.1. The van der Waals surface area contributed by atoms with Crippen LogP contribution in [0.5, 0.6) is 0 Å². The van der Waals surface area contributed by atoms with E-state index in [9.17, 15) is 0 Å². The second-order valence-electron chi connectivity index (χ2n) is 3.50. The molecule has 0 amide bonds. The molecule has 0 radical (unpaired) electrons. The standard InChI is InChI=1S/C10H9N5S2/c1-15-9(5-12-14-15)17-10-13-7-3-2-6(11)4-8(7)16-10/h2-5H,11H2,1H3. The molecule has 0 bridgehead atoms. The lowest BCUT2D eigenvalue weighted by atomic mass is 10.3. The van der Waals surface area contributed by atoms with Gasteiger partial charge in [0.15, 0.2) is 4.34 Å². The zero-order chi connectivity index (χ0) is 11.8. The van der Waals surface area contributed by atoms with Crippen molar-refractivity contribution in [2.24, 2.45) is 7.05 Å². The molecule has 0 unspecified atom stereocenters. The number of aryl methyl sites for hydroxylation is 1. The molecule has 0 aliphatic carbocycles. The van der Waals surface area contributed by atoms with Gasteiger partial charge in [0.25, 0.3) is 0 Å². The van der Waals surface area contributed by atoms with Crippen LogP contribution >= 0.6 is 23.1 Å². The molecule has 3 aromatic rings. The average Bonchev–Trinajstić information content (AvgIpc) is 2.85. The summed E-state index contributed by atoms with van der Waals surface area (Å²) in [5.41, 5.74) is 7.48. The Balaban J connectivity index is 1.99. The minimum absolute atomic E-state index is 0.764. The maximum atomic E-state index is 5.74. The second-order valence-corrected chi connectivity index (χ2v) is 5.80. The molecule has 0 saturated heterocycles. The van der Waals surface area contributed by atoms with Gasteiger partial charge in [-0.25, -0.2) is 9.67 Å². The van der Waals surface area contributed by atoms with Crippen LogP contribution in [0.25, 0.3) is 10.2 Å². The van der Waals surface area contributed by atoms with Crippen LogP contribution in [-0.2, 0) is 7.05 Å². The van der Waals surface area contributed by atoms with Gasteiger partial charge in [-0.1, -0.05) is 5.21 Å². The molecule has 0 atom stereocenters. The number of nitrogens with two attached hydrogens (primary N) is 1. The number of anilines is 1. The first-order valence-corrected chi connectivity index (χ1v) is 6.54. The van der Waals surface area contributed by atoms with Crippen molar-refractivity contribution in [3.8, 4) is 0 Å². The summed E-state index contributed by atoms with van der Waals surface area (Å²) in [6, 6.07) is 5.74. The van der Waals surface area contributed by atoms with E-state index in [0.29, 0.717) is 0 Å². The predicted molar refractivity (Wildman–Crippen MR) is 69.2 cm³/mol. The molecule has 86 valence electrons. The molecule has 17 heavy (non-hydrogen) atoms. The molecule has 0 aliphatic rings. The van der Waals surface area contributed by atoms with Crippen molar-refractivity contribution in [3.63, 3.8) is 0 Å². The molecule has 2 heterocycles. The molecule has 0 spiro atoms. The SMILES string of the molecule is Cn1nncc1Sc1nc2ccc(N)cc2s1. The summed E-state index contributed by atoms with van der Waals surface area (Å²) >= 11 is 3.18. The zero-order valence-corrected chi connectivity index (χ0v) is 10.6. The monoisotopic (exact) mass is 263 g/mol. The smallest absolute Gasteiger partial charge is 0.157 e. The fourth-order valence-electron chi connectivity index (χ4n) is 1.43. The first kappa shape index (κ1) is 10.5. The first-order valence-electron chi connectivity index (χ1n) is 4.91. The Labute approximate surface area is 106 Å². The maximum absolute atomic E-state index is 5.74. The zero-order valence-electron chi connectivity index (χ0n) is 8.99. The van der Waals surface area contributed by atoms with Crippen LogP contribution in [0.2, 0.25) is 0 Å². The summed E-state index contributed by atoms with van der Waals surface area (Å²) in [6.45, 7) is 0. The Morgan fingerprint density at radius 2 is 2.29 bits per heavy atom. The lowest BCUT2D eigenvalue weighted by Gasteiger charge is -1.94. The Hall–Kier alpha value is -1.60. The van der Waals surface area contributed by atoms with Gasteiger partial charge in [-0.15, -0.1) is 16.4 Å². The van der Waals surface area contributed by atoms with Crippen LogP contribution < -0.4 is 5.73 Å². The summed E-state index contributed by atoms with van der Waals surface area (Å²) in [7, 11) is 1.86. The molecule has 0 fully saturated rings. The lowest BCUT2D eigenvalue weighted by molar-refractivity contribution is 0.665. The van der Waals surface area contributed by atoms with Crippen molar-refractivity contribution in [3.05, 3.63) is 24.4 Å². The number of rotatable bonds is 2. The summed E-state index contributed by atoms with van der Waals surface area (Å²) < 4.78 is 3.80. The van der Waals surface area contributed by atoms with E-state index < -0.39 is 0 Å². The third kappa shape index (κ3) is 1.98. The number of nitrogen functional groups attached to an aromatic ring is 1. The number of nitrogens with zero attached hydrogens (tertiary/aromatic N) is 4. The summed E-state index contributed by atoms with van der Waals surface area (Å²) in [5, 5.41) is 8.69. The molecule has 2 N–H and O–H groups in total. The van der Waals surface area contributed by atoms with E-state index in [1.165, 1.54) is 0 Å². The highest BCUT2D eigenvalue weighted by Crippen LogP contribution is 2.34. The van der Waals surface area contributed by atoms with E-state index in [-0.39, 0.29) is 0 Å². The Bertz CT molecular complexity index is 672. The van der Waals surface area contributed by atoms with Crippen LogP contribution in [0.1, 0.15) is 0 Å². The van der Waals surface area contributed by atoms with Crippen LogP contribution in [0.15, 0.2) is 33.8 Å². The molecule has 7 heteroatoms. The number of hydrogen-bond donors (Lipinski definition) is 1. The van der Waals surface area contributed by atoms with Crippen LogP contribution in [0, 0.1) is 0 Å². The van der Waals surface area contributed by atoms with Crippen LogP contribution in [0.4, 0.5) is 5.69 Å². The number of fused-ring (bicyclic) bond motifs is 1. The Morgan fingerprint density at radius 3 is 3.06 bits per heavy atom. The number of aromatic nitrogens is 4. The maximum Gasteiger partial charge on any atom is 0.157 e. The average molecular weight is 263 g/mol. The highest BCUT2D eigenvalue weighted by atomic mass is 32.2. The summed E-state index contributed by atoms with van der Waals surface area (Å²) in [6.07, 6.45) is 1.73. The molecular weight excluding hydrogens is 254 g/mol. The fourth-order valence-corrected chi connectivity index (χ4v) is 3.45. The van der Waals surface area contributed by atoms with Crippen molar-refractivity contribution < 1.29 is 0 Å². The number of hydrogen-bond acceptors (Lipinski definition) is 6. The quantitative estimate of drug-likeness (QED) is 0.717. The van der Waals surface area contributed by atoms with Gasteiger partial charge in [-0.2, -0.15) is 0 Å². The van der Waals surface area contributed by atoms with E-state index >= 15 is 0 Å². The minimum atomic E-state index is 0.764. The molecular formula is C10H9N5S2. The van der Waals surface area contributed by atoms with Crippen molar-refractivity contribution in [2.45, 2.75) is 9.37 Å². The van der Waals surface area contributed by atoms with Crippen molar-refractivity contribution >= 4 is 39.0 Å². The van der Waals surface area contributed by atoms with Gasteiger partial charge in [0.05, 0.1) is 16.4 Å². The molecule has 1 aromatic carbocycles. The van der Waals surface area contributed by atoms with E-state index in [1.54, 1.807) is 34.0 Å². The van der Waals surface area contributed by atoms with Gasteiger partial charge in [0.1, 0.15) is 5.03 Å². The first-order chi connectivity index (χ1) is 8.22. The van der Waals surface area contributed by atoms with Crippen LogP contribution in [-0.4, -0.2) is 20.0 Å². The van der Waals surface area contributed by atoms with Gasteiger partial charge in [-0.3, -0.25) is 0 Å². The van der Waals surface area contributed by atoms with Gasteiger partial charge in [0, 0.05) is 12.7 Å². The van der Waals surface area contributed by atoms with E-state index in [4.69, 9.17) is 5.73 Å². The molecule has 0 saturated carbocycles. The summed E-state index contributed by atoms with van der Waals surface area (Å²) in [5.74, 6) is 0. The van der Waals surface area contributed by atoms with E-state index in [1.807, 2.05) is 25.2 Å². The van der Waals surface area contributed by atoms with Gasteiger partial charge < -0.3 is 5.73 Å². The molecule has 2 aromatic heterocycles. The molecule has 5 nitrogen and oxygen atoms in total. The highest BCUT2D eigenvalue weighted by Gasteiger charge is 2.08. The van der Waals surface area contributed by atoms with E-state index in [2.05, 4.69) is 15.3 Å². The topological polar surface area (TPSA) is 69.6 Å². The van der Waals surface area contributed by atoms with E-state index in [0.717, 1.165) is 25.3 Å². The Morgan fingerprint density at radius 1 is 1.41 bits per heavy atom. The van der Waals surface area contributed by atoms with Gasteiger partial charge in [0.2, 0.25) is 0 Å². The second kappa shape index (κ2) is 4.01. The minimum Gasteiger partial charge on any atom is -0.399 e. The predicted octanol–water partition coefficient (Wildman–Crippen LogP) is 2.16. The van der Waals surface area contributed by atoms with Crippen molar-refractivity contribution in [1.82, 2.24) is 20.0 Å². The third-order valence-electron chi connectivity index (χ3n) is 2.26. The fraction of sp³-hybridized carbons (Fsp3) is 0.100. The van der Waals surface area contributed by atoms with Gasteiger partial charge in [-0.05, 0) is 30.0 Å². The van der Waals surface area contributed by atoms with Crippen LogP contribution in [0.3, 0.4) is 0 Å². The number of thiazole rings is 1. The van der Waals surface area contributed by atoms with Crippen molar-refractivity contribution in [2.75, 3.05) is 5.73 Å². The summed E-state index contributed by atoms with van der Waals surface area (Å²) in [4.78, 5) is 4.53. The van der Waals surface area contributed by atoms with Crippen molar-refractivity contribution in [1.29, 1.82) is 0 Å². The third-order valence-corrected chi connectivity index (χ3v) is 4.42. The largest absolute Gasteiger partial charge is 0.399 e. The highest BCUT2D eigenvalue weighted by molar-refractivity contribution is 8.01.